The van der Waals surface area contributed by atoms with Crippen LogP contribution in [0.5, 0.6) is 0 Å². The van der Waals surface area contributed by atoms with E-state index in [1.165, 1.54) is 5.56 Å². The molecule has 3 heteroatoms. The van der Waals surface area contributed by atoms with E-state index in [9.17, 15) is 4.39 Å². The number of benzene rings is 1. The van der Waals surface area contributed by atoms with Crippen LogP contribution >= 0.6 is 22.6 Å². The minimum atomic E-state index is -0.126. The van der Waals surface area contributed by atoms with Gasteiger partial charge in [-0.1, -0.05) is 0 Å². The van der Waals surface area contributed by atoms with E-state index >= 15 is 0 Å². The second-order valence-corrected chi connectivity index (χ2v) is 4.51. The molecule has 1 heterocycles. The Hall–Kier alpha value is -0.160. The fourth-order valence-corrected chi connectivity index (χ4v) is 1.87. The summed E-state index contributed by atoms with van der Waals surface area (Å²) in [6, 6.07) is 3.51. The minimum Gasteiger partial charge on any atom is -0.373 e. The molecule has 1 aliphatic rings. The highest BCUT2D eigenvalue weighted by Gasteiger charge is 2.23. The van der Waals surface area contributed by atoms with Crippen molar-refractivity contribution in [3.8, 4) is 0 Å². The predicted octanol–water partition coefficient (Wildman–Crippen LogP) is 2.68. The largest absolute Gasteiger partial charge is 0.373 e. The van der Waals surface area contributed by atoms with Crippen LogP contribution in [-0.4, -0.2) is 12.7 Å². The molecule has 0 amide bonds. The molecule has 1 aliphatic heterocycles. The summed E-state index contributed by atoms with van der Waals surface area (Å²) in [5, 5.41) is 0. The van der Waals surface area contributed by atoms with Crippen molar-refractivity contribution in [2.75, 3.05) is 6.61 Å². The van der Waals surface area contributed by atoms with Crippen molar-refractivity contribution in [1.29, 1.82) is 0 Å². The van der Waals surface area contributed by atoms with Crippen LogP contribution in [0.15, 0.2) is 12.1 Å². The standard InChI is InChI=1S/C10H10FIO/c1-6-2-9(11)10(12)4-7(6)3-8-5-13-8/h2,4,8H,3,5H2,1H3/t8-/m0/s1. The highest BCUT2D eigenvalue weighted by molar-refractivity contribution is 14.1. The maximum atomic E-state index is 13.1. The lowest BCUT2D eigenvalue weighted by Gasteiger charge is -2.05. The van der Waals surface area contributed by atoms with Crippen LogP contribution in [0.1, 0.15) is 11.1 Å². The van der Waals surface area contributed by atoms with Gasteiger partial charge in [-0.05, 0) is 52.8 Å². The Labute approximate surface area is 90.4 Å². The number of aryl methyl sites for hydroxylation is 1. The molecule has 0 bridgehead atoms. The maximum absolute atomic E-state index is 13.1. The van der Waals surface area contributed by atoms with Gasteiger partial charge in [-0.2, -0.15) is 0 Å². The van der Waals surface area contributed by atoms with E-state index in [1.54, 1.807) is 6.07 Å². The fourth-order valence-electron chi connectivity index (χ4n) is 1.34. The smallest absolute Gasteiger partial charge is 0.136 e. The average molecular weight is 292 g/mol. The van der Waals surface area contributed by atoms with E-state index in [0.29, 0.717) is 9.67 Å². The minimum absolute atomic E-state index is 0.126. The third-order valence-corrected chi connectivity index (χ3v) is 3.06. The molecule has 1 atom stereocenters. The van der Waals surface area contributed by atoms with Gasteiger partial charge in [-0.15, -0.1) is 0 Å². The summed E-state index contributed by atoms with van der Waals surface area (Å²) in [5.41, 5.74) is 2.22. The number of hydrogen-bond acceptors (Lipinski definition) is 1. The molecule has 0 N–H and O–H groups in total. The third kappa shape index (κ3) is 2.20. The van der Waals surface area contributed by atoms with E-state index in [4.69, 9.17) is 4.74 Å². The molecule has 1 aromatic carbocycles. The normalized spacial score (nSPS) is 20.4. The quantitative estimate of drug-likeness (QED) is 0.603. The van der Waals surface area contributed by atoms with Crippen molar-refractivity contribution >= 4 is 22.6 Å². The topological polar surface area (TPSA) is 12.5 Å². The molecular formula is C10H10FIO. The lowest BCUT2D eigenvalue weighted by molar-refractivity contribution is 0.407. The van der Waals surface area contributed by atoms with Crippen molar-refractivity contribution in [3.63, 3.8) is 0 Å². The van der Waals surface area contributed by atoms with Crippen LogP contribution in [0.25, 0.3) is 0 Å². The second kappa shape index (κ2) is 3.53. The summed E-state index contributed by atoms with van der Waals surface area (Å²) < 4.78 is 18.9. The summed E-state index contributed by atoms with van der Waals surface area (Å²) >= 11 is 2.02. The third-order valence-electron chi connectivity index (χ3n) is 2.23. The Morgan fingerprint density at radius 1 is 1.62 bits per heavy atom. The molecule has 70 valence electrons. The van der Waals surface area contributed by atoms with Crippen molar-refractivity contribution < 1.29 is 9.13 Å². The van der Waals surface area contributed by atoms with E-state index in [1.807, 2.05) is 35.6 Å². The first-order chi connectivity index (χ1) is 6.16. The average Bonchev–Trinajstić information content (AvgIpc) is 2.84. The van der Waals surface area contributed by atoms with Crippen LogP contribution in [0.3, 0.4) is 0 Å². The molecule has 1 fully saturated rings. The van der Waals surface area contributed by atoms with E-state index in [2.05, 4.69) is 0 Å². The molecule has 0 spiro atoms. The van der Waals surface area contributed by atoms with Gasteiger partial charge in [-0.3, -0.25) is 0 Å². The summed E-state index contributed by atoms with van der Waals surface area (Å²) in [6.45, 7) is 2.80. The molecule has 13 heavy (non-hydrogen) atoms. The number of hydrogen-bond donors (Lipinski definition) is 0. The molecule has 2 rings (SSSR count). The lowest BCUT2D eigenvalue weighted by Crippen LogP contribution is -1.98. The van der Waals surface area contributed by atoms with Gasteiger partial charge in [0, 0.05) is 9.99 Å². The molecule has 0 unspecified atom stereocenters. The molecule has 0 saturated carbocycles. The van der Waals surface area contributed by atoms with Crippen LogP contribution < -0.4 is 0 Å². The van der Waals surface area contributed by atoms with Gasteiger partial charge in [0.05, 0.1) is 12.7 Å². The number of ether oxygens (including phenoxy) is 1. The van der Waals surface area contributed by atoms with E-state index in [0.717, 1.165) is 18.6 Å². The SMILES string of the molecule is Cc1cc(F)c(I)cc1C[C@H]1CO1. The van der Waals surface area contributed by atoms with Crippen molar-refractivity contribution in [1.82, 2.24) is 0 Å². The zero-order chi connectivity index (χ0) is 9.42. The number of halogens is 2. The van der Waals surface area contributed by atoms with E-state index in [-0.39, 0.29) is 5.82 Å². The zero-order valence-electron chi connectivity index (χ0n) is 7.31. The second-order valence-electron chi connectivity index (χ2n) is 3.35. The van der Waals surface area contributed by atoms with Crippen LogP contribution in [0.2, 0.25) is 0 Å². The Bertz CT molecular complexity index is 334. The highest BCUT2D eigenvalue weighted by Crippen LogP contribution is 2.22. The Balaban J connectivity index is 2.27. The monoisotopic (exact) mass is 292 g/mol. The molecule has 1 aromatic rings. The van der Waals surface area contributed by atoms with Gasteiger partial charge in [-0.25, -0.2) is 4.39 Å². The summed E-state index contributed by atoms with van der Waals surface area (Å²) in [6.07, 6.45) is 1.29. The van der Waals surface area contributed by atoms with Crippen LogP contribution in [-0.2, 0) is 11.2 Å². The summed E-state index contributed by atoms with van der Waals surface area (Å²) in [4.78, 5) is 0. The Morgan fingerprint density at radius 2 is 2.31 bits per heavy atom. The first kappa shape index (κ1) is 9.40. The van der Waals surface area contributed by atoms with Crippen molar-refractivity contribution in [2.24, 2.45) is 0 Å². The first-order valence-corrected chi connectivity index (χ1v) is 5.31. The Morgan fingerprint density at radius 3 is 2.92 bits per heavy atom. The Kier molecular flexibility index (Phi) is 2.55. The molecule has 1 nitrogen and oxygen atoms in total. The van der Waals surface area contributed by atoms with Crippen LogP contribution in [0, 0.1) is 16.3 Å². The molecule has 0 aliphatic carbocycles. The van der Waals surface area contributed by atoms with Gasteiger partial charge in [0.25, 0.3) is 0 Å². The molecule has 0 aromatic heterocycles. The summed E-state index contributed by atoms with van der Waals surface area (Å²) in [7, 11) is 0. The van der Waals surface area contributed by atoms with Gasteiger partial charge < -0.3 is 4.74 Å². The molecule has 0 radical (unpaired) electrons. The molecular weight excluding hydrogens is 282 g/mol. The van der Waals surface area contributed by atoms with Gasteiger partial charge >= 0.3 is 0 Å². The van der Waals surface area contributed by atoms with Gasteiger partial charge in [0.1, 0.15) is 5.82 Å². The van der Waals surface area contributed by atoms with Gasteiger partial charge in [0.2, 0.25) is 0 Å². The predicted molar refractivity (Wildman–Crippen MR) is 57.3 cm³/mol. The molecule has 1 saturated heterocycles. The maximum Gasteiger partial charge on any atom is 0.136 e. The first-order valence-electron chi connectivity index (χ1n) is 4.23. The number of epoxide rings is 1. The van der Waals surface area contributed by atoms with Crippen molar-refractivity contribution in [2.45, 2.75) is 19.4 Å². The van der Waals surface area contributed by atoms with Gasteiger partial charge in [0.15, 0.2) is 0 Å². The van der Waals surface area contributed by atoms with Crippen molar-refractivity contribution in [3.05, 3.63) is 32.6 Å². The zero-order valence-corrected chi connectivity index (χ0v) is 9.47. The fraction of sp³-hybridized carbons (Fsp3) is 0.400. The summed E-state index contributed by atoms with van der Waals surface area (Å²) in [5.74, 6) is -0.126. The van der Waals surface area contributed by atoms with E-state index < -0.39 is 0 Å². The highest BCUT2D eigenvalue weighted by atomic mass is 127. The number of rotatable bonds is 2. The lowest BCUT2D eigenvalue weighted by atomic mass is 10.0. The van der Waals surface area contributed by atoms with Crippen LogP contribution in [0.4, 0.5) is 4.39 Å².